The Hall–Kier alpha value is -5.80. The van der Waals surface area contributed by atoms with E-state index in [0.29, 0.717) is 0 Å². The number of hydrogen-bond acceptors (Lipinski definition) is 3. The van der Waals surface area contributed by atoms with E-state index in [2.05, 4.69) is 132 Å². The third kappa shape index (κ3) is 3.62. The van der Waals surface area contributed by atoms with Gasteiger partial charge in [-0.15, -0.1) is 0 Å². The van der Waals surface area contributed by atoms with Crippen molar-refractivity contribution in [2.75, 3.05) is 4.90 Å². The fourth-order valence-corrected chi connectivity index (χ4v) is 6.57. The van der Waals surface area contributed by atoms with Gasteiger partial charge >= 0.3 is 0 Å². The van der Waals surface area contributed by atoms with Gasteiger partial charge in [-0.3, -0.25) is 0 Å². The van der Waals surface area contributed by atoms with Crippen LogP contribution in [0.1, 0.15) is 0 Å². The van der Waals surface area contributed by atoms with E-state index in [1.807, 2.05) is 24.3 Å². The largest absolute Gasteiger partial charge is 0.452 e. The smallest absolute Gasteiger partial charge is 0.179 e. The first-order chi connectivity index (χ1) is 21.3. The van der Waals surface area contributed by atoms with Crippen molar-refractivity contribution < 1.29 is 8.83 Å². The quantitative estimate of drug-likeness (QED) is 0.218. The maximum atomic E-state index is 6.55. The van der Waals surface area contributed by atoms with Crippen molar-refractivity contribution in [3.05, 3.63) is 152 Å². The van der Waals surface area contributed by atoms with Crippen molar-refractivity contribution in [2.24, 2.45) is 0 Å². The molecule has 9 rings (SSSR count). The van der Waals surface area contributed by atoms with Gasteiger partial charge in [-0.05, 0) is 65.0 Å². The van der Waals surface area contributed by atoms with Crippen molar-refractivity contribution >= 4 is 71.7 Å². The van der Waals surface area contributed by atoms with Crippen LogP contribution in [0.15, 0.2) is 160 Å². The topological polar surface area (TPSA) is 29.5 Å². The molecule has 0 saturated carbocycles. The van der Waals surface area contributed by atoms with Crippen LogP contribution in [0, 0.1) is 0 Å². The van der Waals surface area contributed by atoms with E-state index >= 15 is 0 Å². The lowest BCUT2D eigenvalue weighted by molar-refractivity contribution is 0.633. The summed E-state index contributed by atoms with van der Waals surface area (Å²) in [6.07, 6.45) is 0. The summed E-state index contributed by atoms with van der Waals surface area (Å²) in [7, 11) is 0. The van der Waals surface area contributed by atoms with Crippen LogP contribution >= 0.6 is 0 Å². The first-order valence-corrected chi connectivity index (χ1v) is 14.5. The standard InChI is InChI=1S/C40H25NO2/c1-3-13-26(14-4-1)41(27-15-5-2-6-16-27)35-24-23-29(28-17-7-8-18-30(28)35)33-25-34-31-19-9-11-21-36(31)42-39(34)40-38(33)32-20-10-12-22-37(32)43-40/h1-25H. The van der Waals surface area contributed by atoms with Crippen LogP contribution < -0.4 is 4.90 Å². The summed E-state index contributed by atoms with van der Waals surface area (Å²) < 4.78 is 13.0. The SMILES string of the molecule is c1ccc(N(c2ccccc2)c2ccc(-c3cc4c5ccccc5oc4c4oc5ccccc5c34)c3ccccc23)cc1. The minimum Gasteiger partial charge on any atom is -0.452 e. The van der Waals surface area contributed by atoms with Gasteiger partial charge in [-0.1, -0.05) is 103 Å². The maximum Gasteiger partial charge on any atom is 0.179 e. The van der Waals surface area contributed by atoms with Gasteiger partial charge < -0.3 is 13.7 Å². The molecule has 0 aliphatic heterocycles. The van der Waals surface area contributed by atoms with Crippen LogP contribution in [0.25, 0.3) is 65.8 Å². The summed E-state index contributed by atoms with van der Waals surface area (Å²) in [6, 6.07) is 53.1. The number of benzene rings is 7. The second kappa shape index (κ2) is 9.37. The average molecular weight is 552 g/mol. The number of nitrogens with zero attached hydrogens (tertiary/aromatic N) is 1. The van der Waals surface area contributed by atoms with E-state index in [1.165, 1.54) is 10.8 Å². The number of hydrogen-bond donors (Lipinski definition) is 0. The fourth-order valence-electron chi connectivity index (χ4n) is 6.57. The molecular formula is C40H25NO2. The number of anilines is 3. The minimum atomic E-state index is 0.785. The summed E-state index contributed by atoms with van der Waals surface area (Å²) >= 11 is 0. The highest BCUT2D eigenvalue weighted by molar-refractivity contribution is 6.25. The van der Waals surface area contributed by atoms with E-state index < -0.39 is 0 Å². The van der Waals surface area contributed by atoms with Gasteiger partial charge in [-0.2, -0.15) is 0 Å². The minimum absolute atomic E-state index is 0.785. The van der Waals surface area contributed by atoms with E-state index in [1.54, 1.807) is 0 Å². The highest BCUT2D eigenvalue weighted by Crippen LogP contribution is 2.47. The Morgan fingerprint density at radius 3 is 1.60 bits per heavy atom. The van der Waals surface area contributed by atoms with Gasteiger partial charge in [0.15, 0.2) is 11.2 Å². The van der Waals surface area contributed by atoms with Gasteiger partial charge in [0.25, 0.3) is 0 Å². The van der Waals surface area contributed by atoms with Crippen molar-refractivity contribution in [2.45, 2.75) is 0 Å². The van der Waals surface area contributed by atoms with Crippen LogP contribution in [0.3, 0.4) is 0 Å². The highest BCUT2D eigenvalue weighted by atomic mass is 16.4. The summed E-state index contributed by atoms with van der Waals surface area (Å²) in [5.41, 5.74) is 8.92. The van der Waals surface area contributed by atoms with Crippen molar-refractivity contribution in [3.63, 3.8) is 0 Å². The first-order valence-electron chi connectivity index (χ1n) is 14.5. The molecule has 202 valence electrons. The van der Waals surface area contributed by atoms with Crippen LogP contribution in [0.2, 0.25) is 0 Å². The predicted molar refractivity (Wildman–Crippen MR) is 179 cm³/mol. The maximum absolute atomic E-state index is 6.55. The number of furan rings is 2. The summed E-state index contributed by atoms with van der Waals surface area (Å²) in [5, 5.41) is 6.64. The number of rotatable bonds is 4. The molecule has 0 bridgehead atoms. The Bertz CT molecular complexity index is 2410. The molecule has 2 heterocycles. The van der Waals surface area contributed by atoms with Gasteiger partial charge in [0.2, 0.25) is 0 Å². The molecule has 7 aromatic carbocycles. The van der Waals surface area contributed by atoms with E-state index in [9.17, 15) is 0 Å². The number of para-hydroxylation sites is 4. The van der Waals surface area contributed by atoms with Crippen molar-refractivity contribution in [1.82, 2.24) is 0 Å². The predicted octanol–water partition coefficient (Wildman–Crippen LogP) is 11.8. The zero-order chi connectivity index (χ0) is 28.3. The molecule has 43 heavy (non-hydrogen) atoms. The fraction of sp³-hybridized carbons (Fsp3) is 0. The number of fused-ring (bicyclic) bond motifs is 8. The zero-order valence-corrected chi connectivity index (χ0v) is 23.2. The molecule has 3 heteroatoms. The third-order valence-electron chi connectivity index (χ3n) is 8.45. The molecule has 0 unspecified atom stereocenters. The van der Waals surface area contributed by atoms with Gasteiger partial charge in [-0.25, -0.2) is 0 Å². The van der Waals surface area contributed by atoms with Crippen LogP contribution in [0.5, 0.6) is 0 Å². The van der Waals surface area contributed by atoms with Crippen molar-refractivity contribution in [1.29, 1.82) is 0 Å². The molecule has 0 amide bonds. The van der Waals surface area contributed by atoms with Gasteiger partial charge in [0.1, 0.15) is 11.2 Å². The lowest BCUT2D eigenvalue weighted by atomic mass is 9.92. The second-order valence-corrected chi connectivity index (χ2v) is 10.9. The zero-order valence-electron chi connectivity index (χ0n) is 23.2. The molecule has 0 radical (unpaired) electrons. The van der Waals surface area contributed by atoms with E-state index in [4.69, 9.17) is 8.83 Å². The average Bonchev–Trinajstić information content (AvgIpc) is 3.65. The Kier molecular flexibility index (Phi) is 5.20. The molecule has 0 saturated heterocycles. The Morgan fingerprint density at radius 2 is 0.907 bits per heavy atom. The van der Waals surface area contributed by atoms with Crippen molar-refractivity contribution in [3.8, 4) is 11.1 Å². The molecule has 0 N–H and O–H groups in total. The van der Waals surface area contributed by atoms with E-state index in [-0.39, 0.29) is 0 Å². The first kappa shape index (κ1) is 23.9. The third-order valence-corrected chi connectivity index (χ3v) is 8.45. The molecule has 0 spiro atoms. The van der Waals surface area contributed by atoms with E-state index in [0.717, 1.165) is 72.1 Å². The summed E-state index contributed by atoms with van der Waals surface area (Å²) in [4.78, 5) is 2.34. The monoisotopic (exact) mass is 551 g/mol. The van der Waals surface area contributed by atoms with Crippen LogP contribution in [-0.4, -0.2) is 0 Å². The molecule has 0 aliphatic carbocycles. The summed E-state index contributed by atoms with van der Waals surface area (Å²) in [6.45, 7) is 0. The molecule has 9 aromatic rings. The molecule has 0 fully saturated rings. The lowest BCUT2D eigenvalue weighted by Crippen LogP contribution is -2.10. The van der Waals surface area contributed by atoms with Crippen LogP contribution in [0.4, 0.5) is 17.1 Å². The Morgan fingerprint density at radius 1 is 0.372 bits per heavy atom. The van der Waals surface area contributed by atoms with Gasteiger partial charge in [0, 0.05) is 38.3 Å². The molecule has 3 nitrogen and oxygen atoms in total. The Labute approximate surface area is 247 Å². The second-order valence-electron chi connectivity index (χ2n) is 10.9. The molecular weight excluding hydrogens is 526 g/mol. The molecule has 0 aliphatic rings. The van der Waals surface area contributed by atoms with Gasteiger partial charge in [0.05, 0.1) is 5.69 Å². The molecule has 2 aromatic heterocycles. The normalized spacial score (nSPS) is 11.7. The highest BCUT2D eigenvalue weighted by Gasteiger charge is 2.23. The Balaban J connectivity index is 1.38. The van der Waals surface area contributed by atoms with Crippen LogP contribution in [-0.2, 0) is 0 Å². The molecule has 0 atom stereocenters. The lowest BCUT2D eigenvalue weighted by Gasteiger charge is -2.27. The summed E-state index contributed by atoms with van der Waals surface area (Å²) in [5.74, 6) is 0.